The highest BCUT2D eigenvalue weighted by atomic mass is 16.3. The fourth-order valence-electron chi connectivity index (χ4n) is 1.67. The van der Waals surface area contributed by atoms with E-state index in [0.717, 1.165) is 6.54 Å². The largest absolute Gasteiger partial charge is 0.395 e. The van der Waals surface area contributed by atoms with Crippen molar-refractivity contribution in [3.05, 3.63) is 0 Å². The van der Waals surface area contributed by atoms with Crippen LogP contribution >= 0.6 is 0 Å². The standard InChI is InChI=1S/C13H29NO/c1-3-4-5-6-7-8-9-10-11-14-13(2)12-15/h13-15H,3-12H2,1-2H3. The van der Waals surface area contributed by atoms with Gasteiger partial charge < -0.3 is 10.4 Å². The number of aliphatic hydroxyl groups excluding tert-OH is 1. The van der Waals surface area contributed by atoms with Crippen LogP contribution in [0, 0.1) is 0 Å². The van der Waals surface area contributed by atoms with Gasteiger partial charge in [0, 0.05) is 6.04 Å². The normalized spacial score (nSPS) is 13.0. The average molecular weight is 215 g/mol. The molecule has 0 amide bonds. The van der Waals surface area contributed by atoms with Crippen LogP contribution in [0.1, 0.15) is 65.2 Å². The summed E-state index contributed by atoms with van der Waals surface area (Å²) in [5, 5.41) is 12.1. The van der Waals surface area contributed by atoms with Gasteiger partial charge in [0.15, 0.2) is 0 Å². The fourth-order valence-corrected chi connectivity index (χ4v) is 1.67. The number of hydrogen-bond donors (Lipinski definition) is 2. The van der Waals surface area contributed by atoms with Crippen LogP contribution in [0.2, 0.25) is 0 Å². The van der Waals surface area contributed by atoms with Gasteiger partial charge in [-0.1, -0.05) is 51.9 Å². The van der Waals surface area contributed by atoms with Gasteiger partial charge in [0.1, 0.15) is 0 Å². The van der Waals surface area contributed by atoms with E-state index in [2.05, 4.69) is 12.2 Å². The third-order valence-electron chi connectivity index (χ3n) is 2.80. The van der Waals surface area contributed by atoms with E-state index >= 15 is 0 Å². The molecule has 0 aromatic heterocycles. The number of unbranched alkanes of at least 4 members (excludes halogenated alkanes) is 7. The topological polar surface area (TPSA) is 32.3 Å². The van der Waals surface area contributed by atoms with Gasteiger partial charge >= 0.3 is 0 Å². The summed E-state index contributed by atoms with van der Waals surface area (Å²) in [6.07, 6.45) is 10.9. The summed E-state index contributed by atoms with van der Waals surface area (Å²) in [6.45, 7) is 5.58. The van der Waals surface area contributed by atoms with Gasteiger partial charge in [-0.25, -0.2) is 0 Å². The lowest BCUT2D eigenvalue weighted by atomic mass is 10.1. The van der Waals surface area contributed by atoms with Gasteiger partial charge in [-0.15, -0.1) is 0 Å². The van der Waals surface area contributed by atoms with E-state index in [-0.39, 0.29) is 12.6 Å². The summed E-state index contributed by atoms with van der Waals surface area (Å²) in [5.41, 5.74) is 0. The van der Waals surface area contributed by atoms with Crippen LogP contribution in [-0.4, -0.2) is 24.3 Å². The molecule has 92 valence electrons. The Balaban J connectivity index is 2.92. The highest BCUT2D eigenvalue weighted by molar-refractivity contribution is 4.57. The van der Waals surface area contributed by atoms with Crippen molar-refractivity contribution in [3.63, 3.8) is 0 Å². The summed E-state index contributed by atoms with van der Waals surface area (Å²) < 4.78 is 0. The molecular weight excluding hydrogens is 186 g/mol. The van der Waals surface area contributed by atoms with Crippen LogP contribution in [-0.2, 0) is 0 Å². The zero-order valence-corrected chi connectivity index (χ0v) is 10.6. The van der Waals surface area contributed by atoms with Gasteiger partial charge in [0.05, 0.1) is 6.61 Å². The molecule has 0 saturated heterocycles. The first-order valence-corrected chi connectivity index (χ1v) is 6.65. The molecule has 2 N–H and O–H groups in total. The Morgan fingerprint density at radius 3 is 2.00 bits per heavy atom. The molecule has 0 aliphatic rings. The van der Waals surface area contributed by atoms with Crippen LogP contribution in [0.25, 0.3) is 0 Å². The van der Waals surface area contributed by atoms with E-state index in [9.17, 15) is 0 Å². The van der Waals surface area contributed by atoms with Crippen molar-refractivity contribution in [2.24, 2.45) is 0 Å². The molecule has 0 heterocycles. The molecule has 0 saturated carbocycles. The van der Waals surface area contributed by atoms with Crippen molar-refractivity contribution in [1.29, 1.82) is 0 Å². The van der Waals surface area contributed by atoms with Gasteiger partial charge in [0.2, 0.25) is 0 Å². The molecule has 0 spiro atoms. The summed E-state index contributed by atoms with van der Waals surface area (Å²) in [4.78, 5) is 0. The van der Waals surface area contributed by atoms with E-state index in [1.54, 1.807) is 0 Å². The molecule has 0 aromatic rings. The van der Waals surface area contributed by atoms with E-state index in [4.69, 9.17) is 5.11 Å². The minimum atomic E-state index is 0.247. The smallest absolute Gasteiger partial charge is 0.0581 e. The molecule has 0 aromatic carbocycles. The Morgan fingerprint density at radius 2 is 1.47 bits per heavy atom. The van der Waals surface area contributed by atoms with Crippen molar-refractivity contribution >= 4 is 0 Å². The minimum absolute atomic E-state index is 0.247. The lowest BCUT2D eigenvalue weighted by Crippen LogP contribution is -2.29. The van der Waals surface area contributed by atoms with Crippen molar-refractivity contribution in [3.8, 4) is 0 Å². The van der Waals surface area contributed by atoms with Gasteiger partial charge in [-0.2, -0.15) is 0 Å². The first-order valence-electron chi connectivity index (χ1n) is 6.65. The number of rotatable bonds is 11. The summed E-state index contributed by atoms with van der Waals surface area (Å²) >= 11 is 0. The number of hydrogen-bond acceptors (Lipinski definition) is 2. The maximum absolute atomic E-state index is 8.80. The van der Waals surface area contributed by atoms with Crippen molar-refractivity contribution in [1.82, 2.24) is 5.32 Å². The Bertz CT molecular complexity index is 117. The molecule has 0 aliphatic carbocycles. The van der Waals surface area contributed by atoms with Crippen molar-refractivity contribution in [2.45, 2.75) is 71.3 Å². The van der Waals surface area contributed by atoms with Gasteiger partial charge in [0.25, 0.3) is 0 Å². The third-order valence-corrected chi connectivity index (χ3v) is 2.80. The van der Waals surface area contributed by atoms with Gasteiger partial charge in [-0.05, 0) is 19.9 Å². The Morgan fingerprint density at radius 1 is 0.933 bits per heavy atom. The molecule has 0 fully saturated rings. The van der Waals surface area contributed by atoms with E-state index in [1.807, 2.05) is 6.92 Å². The molecule has 0 bridgehead atoms. The Kier molecular flexibility index (Phi) is 11.9. The third kappa shape index (κ3) is 11.8. The zero-order chi connectivity index (χ0) is 11.4. The molecule has 2 nitrogen and oxygen atoms in total. The maximum atomic E-state index is 8.80. The first kappa shape index (κ1) is 14.9. The van der Waals surface area contributed by atoms with E-state index < -0.39 is 0 Å². The molecule has 0 rings (SSSR count). The highest BCUT2D eigenvalue weighted by Gasteiger charge is 1.96. The zero-order valence-electron chi connectivity index (χ0n) is 10.6. The molecule has 0 radical (unpaired) electrons. The molecule has 15 heavy (non-hydrogen) atoms. The van der Waals surface area contributed by atoms with Crippen molar-refractivity contribution < 1.29 is 5.11 Å². The summed E-state index contributed by atoms with van der Waals surface area (Å²) in [7, 11) is 0. The second-order valence-corrected chi connectivity index (χ2v) is 4.51. The highest BCUT2D eigenvalue weighted by Crippen LogP contribution is 2.07. The monoisotopic (exact) mass is 215 g/mol. The molecule has 2 heteroatoms. The maximum Gasteiger partial charge on any atom is 0.0581 e. The second kappa shape index (κ2) is 12.0. The fraction of sp³-hybridized carbons (Fsp3) is 1.00. The molecule has 1 atom stereocenters. The van der Waals surface area contributed by atoms with E-state index in [1.165, 1.54) is 51.4 Å². The first-order chi connectivity index (χ1) is 7.31. The lowest BCUT2D eigenvalue weighted by molar-refractivity contribution is 0.251. The molecule has 1 unspecified atom stereocenters. The molecule has 0 aliphatic heterocycles. The van der Waals surface area contributed by atoms with Crippen LogP contribution in [0.5, 0.6) is 0 Å². The van der Waals surface area contributed by atoms with Crippen molar-refractivity contribution in [2.75, 3.05) is 13.2 Å². The lowest BCUT2D eigenvalue weighted by Gasteiger charge is -2.09. The van der Waals surface area contributed by atoms with E-state index in [0.29, 0.717) is 0 Å². The summed E-state index contributed by atoms with van der Waals surface area (Å²) in [5.74, 6) is 0. The average Bonchev–Trinajstić information content (AvgIpc) is 2.26. The van der Waals surface area contributed by atoms with Gasteiger partial charge in [-0.3, -0.25) is 0 Å². The predicted molar refractivity (Wildman–Crippen MR) is 67.2 cm³/mol. The summed E-state index contributed by atoms with van der Waals surface area (Å²) in [6, 6.07) is 0.259. The minimum Gasteiger partial charge on any atom is -0.395 e. The van der Waals surface area contributed by atoms with Crippen LogP contribution in [0.3, 0.4) is 0 Å². The predicted octanol–water partition coefficient (Wildman–Crippen LogP) is 3.10. The Hall–Kier alpha value is -0.0800. The molecular formula is C13H29NO. The number of aliphatic hydroxyl groups is 1. The van der Waals surface area contributed by atoms with Crippen LogP contribution < -0.4 is 5.32 Å². The Labute approximate surface area is 95.5 Å². The second-order valence-electron chi connectivity index (χ2n) is 4.51. The van der Waals surface area contributed by atoms with Crippen LogP contribution in [0.4, 0.5) is 0 Å². The van der Waals surface area contributed by atoms with Crippen LogP contribution in [0.15, 0.2) is 0 Å². The SMILES string of the molecule is CCCCCCCCCCNC(C)CO. The number of nitrogens with one attached hydrogen (secondary N) is 1. The quantitative estimate of drug-likeness (QED) is 0.519.